The average molecular weight is 365 g/mol. The summed E-state index contributed by atoms with van der Waals surface area (Å²) in [6.45, 7) is 0.382. The van der Waals surface area contributed by atoms with Gasteiger partial charge in [0.25, 0.3) is 5.91 Å². The first kappa shape index (κ1) is 15.5. The molecule has 2 aromatic rings. The molecule has 0 radical (unpaired) electrons. The highest BCUT2D eigenvalue weighted by Gasteiger charge is 2.08. The van der Waals surface area contributed by atoms with E-state index in [0.29, 0.717) is 21.6 Å². The van der Waals surface area contributed by atoms with Crippen LogP contribution in [-0.4, -0.2) is 16.0 Å². The highest BCUT2D eigenvalue weighted by atomic mass is 79.9. The maximum atomic E-state index is 12.0. The van der Waals surface area contributed by atoms with Crippen molar-refractivity contribution in [3.63, 3.8) is 0 Å². The Morgan fingerprint density at radius 3 is 2.38 bits per heavy atom. The number of aromatic hydroxyl groups is 1. The van der Waals surface area contributed by atoms with Crippen molar-refractivity contribution in [3.8, 4) is 5.75 Å². The number of carbonyl (C=O) groups excluding carboxylic acids is 1. The van der Waals surface area contributed by atoms with Crippen molar-refractivity contribution in [3.05, 3.63) is 63.6 Å². The lowest BCUT2D eigenvalue weighted by molar-refractivity contribution is 0.0950. The van der Waals surface area contributed by atoms with Gasteiger partial charge in [0.1, 0.15) is 10.7 Å². The van der Waals surface area contributed by atoms with Crippen LogP contribution in [0.4, 0.5) is 0 Å². The number of rotatable bonds is 4. The maximum Gasteiger partial charge on any atom is 0.251 e. The molecule has 0 aliphatic carbocycles. The summed E-state index contributed by atoms with van der Waals surface area (Å²) in [5.41, 5.74) is 7.65. The zero-order valence-corrected chi connectivity index (χ0v) is 13.4. The van der Waals surface area contributed by atoms with Crippen LogP contribution in [0.3, 0.4) is 0 Å². The molecule has 108 valence electrons. The Labute approximate surface area is 136 Å². The summed E-state index contributed by atoms with van der Waals surface area (Å²) in [6.07, 6.45) is 0. The third-order valence-corrected chi connectivity index (χ3v) is 3.81. The fourth-order valence-electron chi connectivity index (χ4n) is 1.73. The van der Waals surface area contributed by atoms with Crippen molar-refractivity contribution in [1.82, 2.24) is 5.32 Å². The normalized spacial score (nSPS) is 10.1. The van der Waals surface area contributed by atoms with Crippen LogP contribution in [-0.2, 0) is 6.54 Å². The fourth-order valence-corrected chi connectivity index (χ4v) is 2.11. The first-order valence-corrected chi connectivity index (χ1v) is 7.33. The number of phenols is 1. The number of benzene rings is 2. The van der Waals surface area contributed by atoms with Gasteiger partial charge in [0.05, 0.1) is 4.47 Å². The molecule has 0 aliphatic heterocycles. The van der Waals surface area contributed by atoms with Gasteiger partial charge in [0, 0.05) is 17.7 Å². The standard InChI is InChI=1S/C15H13BrN2O2S/c16-12-6-5-11(7-13(12)19)15(20)18-8-9-1-3-10(4-2-9)14(17)21/h1-7,19H,8H2,(H2,17,21)(H,18,20). The quantitative estimate of drug-likeness (QED) is 0.729. The SMILES string of the molecule is NC(=S)c1ccc(CNC(=O)c2ccc(Br)c(O)c2)cc1. The van der Waals surface area contributed by atoms with E-state index in [1.807, 2.05) is 24.3 Å². The summed E-state index contributed by atoms with van der Waals surface area (Å²) in [5, 5.41) is 12.3. The zero-order valence-electron chi connectivity index (χ0n) is 11.0. The van der Waals surface area contributed by atoms with Gasteiger partial charge in [-0.05, 0) is 39.7 Å². The van der Waals surface area contributed by atoms with Crippen LogP contribution in [0.1, 0.15) is 21.5 Å². The first-order chi connectivity index (χ1) is 9.97. The highest BCUT2D eigenvalue weighted by molar-refractivity contribution is 9.10. The Morgan fingerprint density at radius 1 is 1.19 bits per heavy atom. The predicted octanol–water partition coefficient (Wildman–Crippen LogP) is 2.72. The van der Waals surface area contributed by atoms with Crippen LogP contribution in [0.5, 0.6) is 5.75 Å². The van der Waals surface area contributed by atoms with Crippen molar-refractivity contribution in [2.45, 2.75) is 6.54 Å². The third-order valence-electron chi connectivity index (χ3n) is 2.90. The number of phenolic OH excluding ortho intramolecular Hbond substituents is 1. The summed E-state index contributed by atoms with van der Waals surface area (Å²) in [6, 6.07) is 12.0. The van der Waals surface area contributed by atoms with Gasteiger partial charge in [-0.3, -0.25) is 4.79 Å². The molecule has 0 fully saturated rings. The number of hydrogen-bond acceptors (Lipinski definition) is 3. The summed E-state index contributed by atoms with van der Waals surface area (Å²) in [5.74, 6) is -0.223. The maximum absolute atomic E-state index is 12.0. The van der Waals surface area contributed by atoms with Crippen LogP contribution < -0.4 is 11.1 Å². The van der Waals surface area contributed by atoms with Crippen LogP contribution in [0.2, 0.25) is 0 Å². The Bertz CT molecular complexity index is 687. The molecule has 1 amide bonds. The van der Waals surface area contributed by atoms with Gasteiger partial charge in [-0.1, -0.05) is 36.5 Å². The van der Waals surface area contributed by atoms with Gasteiger partial charge in [-0.15, -0.1) is 0 Å². The van der Waals surface area contributed by atoms with E-state index < -0.39 is 0 Å². The molecule has 0 heterocycles. The van der Waals surface area contributed by atoms with E-state index >= 15 is 0 Å². The molecule has 2 rings (SSSR count). The van der Waals surface area contributed by atoms with Crippen molar-refractivity contribution in [1.29, 1.82) is 0 Å². The van der Waals surface area contributed by atoms with E-state index in [-0.39, 0.29) is 11.7 Å². The van der Waals surface area contributed by atoms with Crippen molar-refractivity contribution < 1.29 is 9.90 Å². The van der Waals surface area contributed by atoms with E-state index in [0.717, 1.165) is 11.1 Å². The minimum Gasteiger partial charge on any atom is -0.507 e. The Morgan fingerprint density at radius 2 is 1.81 bits per heavy atom. The number of amides is 1. The van der Waals surface area contributed by atoms with E-state index in [1.165, 1.54) is 6.07 Å². The smallest absolute Gasteiger partial charge is 0.251 e. The summed E-state index contributed by atoms with van der Waals surface area (Å²) >= 11 is 8.05. The largest absolute Gasteiger partial charge is 0.507 e. The zero-order chi connectivity index (χ0) is 15.4. The van der Waals surface area contributed by atoms with Gasteiger partial charge in [-0.2, -0.15) is 0 Å². The fraction of sp³-hybridized carbons (Fsp3) is 0.0667. The number of thiocarbonyl (C=S) groups is 1. The van der Waals surface area contributed by atoms with E-state index in [9.17, 15) is 9.90 Å². The Hall–Kier alpha value is -1.92. The lowest BCUT2D eigenvalue weighted by Crippen LogP contribution is -2.22. The molecule has 0 saturated heterocycles. The summed E-state index contributed by atoms with van der Waals surface area (Å²) in [7, 11) is 0. The van der Waals surface area contributed by atoms with Crippen LogP contribution in [0, 0.1) is 0 Å². The van der Waals surface area contributed by atoms with Crippen LogP contribution in [0.25, 0.3) is 0 Å². The molecule has 0 atom stereocenters. The molecule has 0 aliphatic rings. The van der Waals surface area contributed by atoms with Crippen molar-refractivity contribution >= 4 is 39.0 Å². The van der Waals surface area contributed by atoms with Crippen LogP contribution in [0.15, 0.2) is 46.9 Å². The molecule has 4 N–H and O–H groups in total. The van der Waals surface area contributed by atoms with E-state index in [2.05, 4.69) is 21.2 Å². The molecule has 4 nitrogen and oxygen atoms in total. The molecule has 6 heteroatoms. The number of nitrogens with two attached hydrogens (primary N) is 1. The summed E-state index contributed by atoms with van der Waals surface area (Å²) < 4.78 is 0.549. The van der Waals surface area contributed by atoms with Gasteiger partial charge < -0.3 is 16.2 Å². The van der Waals surface area contributed by atoms with Gasteiger partial charge >= 0.3 is 0 Å². The molecule has 0 unspecified atom stereocenters. The number of halogens is 1. The Kier molecular flexibility index (Phi) is 4.93. The second-order valence-electron chi connectivity index (χ2n) is 4.41. The van der Waals surface area contributed by atoms with Gasteiger partial charge in [0.2, 0.25) is 0 Å². The number of hydrogen-bond donors (Lipinski definition) is 3. The minimum atomic E-state index is -0.253. The molecular formula is C15H13BrN2O2S. The second-order valence-corrected chi connectivity index (χ2v) is 5.70. The number of carbonyl (C=O) groups is 1. The van der Waals surface area contributed by atoms with Gasteiger partial charge in [0.15, 0.2) is 0 Å². The molecule has 0 aromatic heterocycles. The number of nitrogens with one attached hydrogen (secondary N) is 1. The Balaban J connectivity index is 2.00. The lowest BCUT2D eigenvalue weighted by Gasteiger charge is -2.07. The predicted molar refractivity (Wildman–Crippen MR) is 89.3 cm³/mol. The third kappa shape index (κ3) is 4.03. The molecule has 21 heavy (non-hydrogen) atoms. The first-order valence-electron chi connectivity index (χ1n) is 6.13. The highest BCUT2D eigenvalue weighted by Crippen LogP contribution is 2.24. The molecule has 0 bridgehead atoms. The minimum absolute atomic E-state index is 0.0310. The second kappa shape index (κ2) is 6.69. The molecule has 0 saturated carbocycles. The van der Waals surface area contributed by atoms with Crippen LogP contribution >= 0.6 is 28.1 Å². The van der Waals surface area contributed by atoms with Crippen molar-refractivity contribution in [2.24, 2.45) is 5.73 Å². The van der Waals surface area contributed by atoms with E-state index in [4.69, 9.17) is 18.0 Å². The van der Waals surface area contributed by atoms with Gasteiger partial charge in [-0.25, -0.2) is 0 Å². The summed E-state index contributed by atoms with van der Waals surface area (Å²) in [4.78, 5) is 12.3. The lowest BCUT2D eigenvalue weighted by atomic mass is 10.1. The topological polar surface area (TPSA) is 75.3 Å². The van der Waals surface area contributed by atoms with E-state index in [1.54, 1.807) is 12.1 Å². The molecule has 0 spiro atoms. The van der Waals surface area contributed by atoms with Crippen molar-refractivity contribution in [2.75, 3.05) is 0 Å². The molecular weight excluding hydrogens is 352 g/mol. The average Bonchev–Trinajstić information content (AvgIpc) is 2.48. The molecule has 2 aromatic carbocycles. The monoisotopic (exact) mass is 364 g/mol.